The number of carbonyl (C=O) groups excluding carboxylic acids is 1. The predicted octanol–water partition coefficient (Wildman–Crippen LogP) is 2.75. The van der Waals surface area contributed by atoms with Crippen molar-refractivity contribution in [3.63, 3.8) is 0 Å². The molecule has 94 valence electrons. The summed E-state index contributed by atoms with van der Waals surface area (Å²) in [5.41, 5.74) is 1.00. The predicted molar refractivity (Wildman–Crippen MR) is 73.5 cm³/mol. The third-order valence-electron chi connectivity index (χ3n) is 2.11. The van der Waals surface area contributed by atoms with Crippen LogP contribution in [0.1, 0.15) is 5.56 Å². The van der Waals surface area contributed by atoms with Crippen molar-refractivity contribution in [1.82, 2.24) is 9.97 Å². The van der Waals surface area contributed by atoms with Gasteiger partial charge in [-0.3, -0.25) is 5.32 Å². The molecule has 6 nitrogen and oxygen atoms in total. The van der Waals surface area contributed by atoms with E-state index in [0.29, 0.717) is 21.7 Å². The van der Waals surface area contributed by atoms with Crippen molar-refractivity contribution in [3.8, 4) is 6.07 Å². The average molecular weight is 318 g/mol. The number of amides is 2. The van der Waals surface area contributed by atoms with Crippen molar-refractivity contribution >= 4 is 33.5 Å². The van der Waals surface area contributed by atoms with Crippen molar-refractivity contribution in [3.05, 3.63) is 46.8 Å². The minimum absolute atomic E-state index is 0.331. The molecule has 0 saturated heterocycles. The first kappa shape index (κ1) is 13.0. The number of rotatable bonds is 2. The molecule has 2 N–H and O–H groups in total. The van der Waals surface area contributed by atoms with Gasteiger partial charge in [0, 0.05) is 5.69 Å². The van der Waals surface area contributed by atoms with Crippen molar-refractivity contribution < 1.29 is 4.79 Å². The maximum atomic E-state index is 11.7. The summed E-state index contributed by atoms with van der Waals surface area (Å²) in [6.07, 6.45) is 2.90. The number of aromatic nitrogens is 2. The van der Waals surface area contributed by atoms with E-state index in [0.717, 1.165) is 0 Å². The number of anilines is 2. The monoisotopic (exact) mass is 317 g/mol. The summed E-state index contributed by atoms with van der Waals surface area (Å²) in [7, 11) is 0. The Balaban J connectivity index is 2.01. The second-order valence-electron chi connectivity index (χ2n) is 3.50. The van der Waals surface area contributed by atoms with E-state index in [1.54, 1.807) is 24.3 Å². The van der Waals surface area contributed by atoms with E-state index in [2.05, 4.69) is 36.5 Å². The van der Waals surface area contributed by atoms with Crippen LogP contribution in [0.4, 0.5) is 16.3 Å². The summed E-state index contributed by atoms with van der Waals surface area (Å²) < 4.78 is 0.583. The maximum Gasteiger partial charge on any atom is 0.324 e. The molecule has 0 radical (unpaired) electrons. The van der Waals surface area contributed by atoms with Crippen LogP contribution in [0.5, 0.6) is 0 Å². The molecule has 0 fully saturated rings. The molecule has 1 heterocycles. The Hall–Kier alpha value is -2.46. The van der Waals surface area contributed by atoms with E-state index < -0.39 is 6.03 Å². The van der Waals surface area contributed by atoms with Crippen LogP contribution in [-0.2, 0) is 0 Å². The summed E-state index contributed by atoms with van der Waals surface area (Å²) in [6, 6.07) is 8.15. The summed E-state index contributed by atoms with van der Waals surface area (Å²) in [5, 5.41) is 13.9. The lowest BCUT2D eigenvalue weighted by Crippen LogP contribution is -2.20. The second kappa shape index (κ2) is 5.93. The van der Waals surface area contributed by atoms with Crippen LogP contribution in [0.2, 0.25) is 0 Å². The lowest BCUT2D eigenvalue weighted by Gasteiger charge is -2.06. The number of carbonyl (C=O) groups is 1. The fourth-order valence-electron chi connectivity index (χ4n) is 1.32. The van der Waals surface area contributed by atoms with Gasteiger partial charge in [-0.25, -0.2) is 14.8 Å². The van der Waals surface area contributed by atoms with Crippen LogP contribution in [0.15, 0.2) is 41.3 Å². The molecule has 0 aliphatic rings. The Morgan fingerprint density at radius 1 is 1.26 bits per heavy atom. The van der Waals surface area contributed by atoms with Gasteiger partial charge in [-0.05, 0) is 34.1 Å². The number of hydrogen-bond donors (Lipinski definition) is 2. The van der Waals surface area contributed by atoms with Gasteiger partial charge in [0.05, 0.1) is 24.0 Å². The first-order valence-electron chi connectivity index (χ1n) is 5.23. The largest absolute Gasteiger partial charge is 0.324 e. The summed E-state index contributed by atoms with van der Waals surface area (Å²) in [4.78, 5) is 19.6. The molecule has 0 saturated carbocycles. The van der Waals surface area contributed by atoms with Crippen LogP contribution >= 0.6 is 15.9 Å². The highest BCUT2D eigenvalue weighted by molar-refractivity contribution is 9.10. The van der Waals surface area contributed by atoms with E-state index in [1.165, 1.54) is 12.4 Å². The lowest BCUT2D eigenvalue weighted by molar-refractivity contribution is 0.262. The molecule has 0 bridgehead atoms. The molecule has 0 unspecified atom stereocenters. The average Bonchev–Trinajstić information content (AvgIpc) is 2.41. The zero-order chi connectivity index (χ0) is 13.7. The van der Waals surface area contributed by atoms with Gasteiger partial charge in [-0.15, -0.1) is 0 Å². The smallest absolute Gasteiger partial charge is 0.308 e. The first-order valence-corrected chi connectivity index (χ1v) is 6.02. The molecular formula is C12H8BrN5O. The number of benzene rings is 1. The zero-order valence-corrected chi connectivity index (χ0v) is 11.2. The van der Waals surface area contributed by atoms with Gasteiger partial charge in [0.25, 0.3) is 0 Å². The van der Waals surface area contributed by atoms with Gasteiger partial charge < -0.3 is 5.32 Å². The molecule has 0 aliphatic heterocycles. The number of nitrogens with zero attached hydrogens (tertiary/aromatic N) is 3. The Morgan fingerprint density at radius 3 is 2.79 bits per heavy atom. The highest BCUT2D eigenvalue weighted by Gasteiger charge is 2.04. The second-order valence-corrected chi connectivity index (χ2v) is 4.31. The van der Waals surface area contributed by atoms with Gasteiger partial charge in [-0.1, -0.05) is 6.07 Å². The van der Waals surface area contributed by atoms with Crippen LogP contribution in [0.3, 0.4) is 0 Å². The zero-order valence-electron chi connectivity index (χ0n) is 9.59. The Bertz CT molecular complexity index is 635. The molecule has 1 aromatic carbocycles. The number of hydrogen-bond acceptors (Lipinski definition) is 4. The first-order chi connectivity index (χ1) is 9.17. The molecule has 19 heavy (non-hydrogen) atoms. The van der Waals surface area contributed by atoms with E-state index in [9.17, 15) is 4.79 Å². The van der Waals surface area contributed by atoms with Crippen LogP contribution in [0, 0.1) is 11.3 Å². The maximum absolute atomic E-state index is 11.7. The van der Waals surface area contributed by atoms with Crippen LogP contribution < -0.4 is 10.6 Å². The van der Waals surface area contributed by atoms with Crippen molar-refractivity contribution in [2.24, 2.45) is 0 Å². The molecule has 7 heteroatoms. The molecule has 1 aromatic heterocycles. The minimum Gasteiger partial charge on any atom is -0.308 e. The summed E-state index contributed by atoms with van der Waals surface area (Å²) in [5.74, 6) is 0.331. The number of nitriles is 1. The molecule has 2 rings (SSSR count). The van der Waals surface area contributed by atoms with Crippen LogP contribution in [-0.4, -0.2) is 16.0 Å². The Morgan fingerprint density at radius 2 is 2.11 bits per heavy atom. The van der Waals surface area contributed by atoms with Crippen molar-refractivity contribution in [1.29, 1.82) is 5.26 Å². The minimum atomic E-state index is -0.452. The molecule has 2 amide bonds. The van der Waals surface area contributed by atoms with E-state index in [1.807, 2.05) is 6.07 Å². The summed E-state index contributed by atoms with van der Waals surface area (Å²) >= 11 is 3.15. The molecule has 0 aliphatic carbocycles. The van der Waals surface area contributed by atoms with E-state index in [-0.39, 0.29) is 0 Å². The topological polar surface area (TPSA) is 90.7 Å². The van der Waals surface area contributed by atoms with Crippen molar-refractivity contribution in [2.45, 2.75) is 0 Å². The van der Waals surface area contributed by atoms with Crippen LogP contribution in [0.25, 0.3) is 0 Å². The van der Waals surface area contributed by atoms with E-state index in [4.69, 9.17) is 5.26 Å². The van der Waals surface area contributed by atoms with Gasteiger partial charge in [0.2, 0.25) is 0 Å². The number of nitrogens with one attached hydrogen (secondary N) is 2. The van der Waals surface area contributed by atoms with Gasteiger partial charge in [0.15, 0.2) is 5.82 Å². The summed E-state index contributed by atoms with van der Waals surface area (Å²) in [6.45, 7) is 0. The molecule has 2 aromatic rings. The Labute approximate surface area is 117 Å². The van der Waals surface area contributed by atoms with E-state index >= 15 is 0 Å². The number of urea groups is 1. The van der Waals surface area contributed by atoms with Gasteiger partial charge in [-0.2, -0.15) is 5.26 Å². The standard InChI is InChI=1S/C12H8BrN5O/c13-10-6-16-11(7-15-10)18-12(19)17-9-3-1-2-8(4-9)5-14/h1-4,6-7H,(H2,16,17,18,19). The van der Waals surface area contributed by atoms with Gasteiger partial charge in [0.1, 0.15) is 4.60 Å². The third kappa shape index (κ3) is 3.76. The molecular weight excluding hydrogens is 310 g/mol. The van der Waals surface area contributed by atoms with Crippen molar-refractivity contribution in [2.75, 3.05) is 10.6 Å². The fraction of sp³-hybridized carbons (Fsp3) is 0. The normalized spacial score (nSPS) is 9.47. The molecule has 0 spiro atoms. The highest BCUT2D eigenvalue weighted by Crippen LogP contribution is 2.11. The number of halogens is 1. The third-order valence-corrected chi connectivity index (χ3v) is 2.52. The quantitative estimate of drug-likeness (QED) is 0.891. The highest BCUT2D eigenvalue weighted by atomic mass is 79.9. The SMILES string of the molecule is N#Cc1cccc(NC(=O)Nc2cnc(Br)cn2)c1. The lowest BCUT2D eigenvalue weighted by atomic mass is 10.2. The fourth-order valence-corrected chi connectivity index (χ4v) is 1.53. The molecule has 0 atom stereocenters. The van der Waals surface area contributed by atoms with Gasteiger partial charge >= 0.3 is 6.03 Å². The Kier molecular flexibility index (Phi) is 4.05.